The molecule has 0 unspecified atom stereocenters. The molecular formula is C17H21N3O3S. The maximum Gasteiger partial charge on any atom is 0.322 e. The van der Waals surface area contributed by atoms with Crippen LogP contribution in [0.4, 0.5) is 4.79 Å². The predicted molar refractivity (Wildman–Crippen MR) is 91.7 cm³/mol. The molecule has 0 bridgehead atoms. The summed E-state index contributed by atoms with van der Waals surface area (Å²) in [5, 5.41) is 5.13. The third kappa shape index (κ3) is 3.90. The minimum atomic E-state index is -0.732. The molecule has 24 heavy (non-hydrogen) atoms. The van der Waals surface area contributed by atoms with Crippen LogP contribution < -0.4 is 10.6 Å². The zero-order chi connectivity index (χ0) is 17.1. The number of likely N-dealkylation sites (tertiary alicyclic amines) is 1. The van der Waals surface area contributed by atoms with Gasteiger partial charge >= 0.3 is 6.03 Å². The Bertz CT molecular complexity index is 656. The van der Waals surface area contributed by atoms with E-state index in [4.69, 9.17) is 0 Å². The fraction of sp³-hybridized carbons (Fsp3) is 0.471. The van der Waals surface area contributed by atoms with E-state index in [1.54, 1.807) is 4.90 Å². The van der Waals surface area contributed by atoms with E-state index in [1.165, 1.54) is 10.5 Å². The average molecular weight is 347 g/mol. The lowest BCUT2D eigenvalue weighted by atomic mass is 10.1. The van der Waals surface area contributed by atoms with E-state index in [9.17, 15) is 14.4 Å². The summed E-state index contributed by atoms with van der Waals surface area (Å²) < 4.78 is 0. The van der Waals surface area contributed by atoms with Crippen molar-refractivity contribution in [1.82, 2.24) is 15.5 Å². The second-order valence-electron chi connectivity index (χ2n) is 6.18. The molecule has 4 amide bonds. The lowest BCUT2D eigenvalue weighted by Crippen LogP contribution is -2.43. The zero-order valence-corrected chi connectivity index (χ0v) is 14.4. The van der Waals surface area contributed by atoms with Crippen LogP contribution in [0.5, 0.6) is 0 Å². The van der Waals surface area contributed by atoms with Crippen molar-refractivity contribution >= 4 is 29.6 Å². The van der Waals surface area contributed by atoms with Gasteiger partial charge in [-0.3, -0.25) is 14.9 Å². The van der Waals surface area contributed by atoms with Crippen LogP contribution in [0.1, 0.15) is 24.8 Å². The van der Waals surface area contributed by atoms with E-state index in [2.05, 4.69) is 35.8 Å². The molecule has 0 saturated carbocycles. The summed E-state index contributed by atoms with van der Waals surface area (Å²) in [6.07, 6.45) is 1.91. The Morgan fingerprint density at radius 2 is 1.96 bits per heavy atom. The van der Waals surface area contributed by atoms with Gasteiger partial charge in [-0.1, -0.05) is 18.2 Å². The number of amides is 4. The number of nitrogens with zero attached hydrogens (tertiary/aromatic N) is 1. The van der Waals surface area contributed by atoms with Crippen LogP contribution in [-0.2, 0) is 9.59 Å². The molecule has 2 N–H and O–H groups in total. The van der Waals surface area contributed by atoms with Gasteiger partial charge in [0, 0.05) is 23.2 Å². The lowest BCUT2D eigenvalue weighted by Gasteiger charge is -2.32. The monoisotopic (exact) mass is 347 g/mol. The Hall–Kier alpha value is -2.02. The van der Waals surface area contributed by atoms with Gasteiger partial charge in [-0.15, -0.1) is 11.8 Å². The van der Waals surface area contributed by atoms with Crippen molar-refractivity contribution in [3.05, 3.63) is 29.8 Å². The number of imide groups is 1. The molecule has 7 heteroatoms. The number of urea groups is 1. The third-order valence-electron chi connectivity index (χ3n) is 4.42. The van der Waals surface area contributed by atoms with Crippen LogP contribution in [0.25, 0.3) is 0 Å². The van der Waals surface area contributed by atoms with Gasteiger partial charge in [0.05, 0.1) is 6.42 Å². The number of hydrogen-bond acceptors (Lipinski definition) is 4. The van der Waals surface area contributed by atoms with Crippen LogP contribution in [0.15, 0.2) is 29.2 Å². The van der Waals surface area contributed by atoms with Crippen molar-refractivity contribution in [1.29, 1.82) is 0 Å². The fourth-order valence-electron chi connectivity index (χ4n) is 3.00. The Kier molecular flexibility index (Phi) is 5.08. The molecule has 1 atom stereocenters. The van der Waals surface area contributed by atoms with Gasteiger partial charge in [0.15, 0.2) is 0 Å². The first kappa shape index (κ1) is 16.8. The van der Waals surface area contributed by atoms with E-state index in [-0.39, 0.29) is 12.3 Å². The molecule has 1 aromatic rings. The van der Waals surface area contributed by atoms with Gasteiger partial charge in [-0.2, -0.15) is 0 Å². The molecule has 2 aliphatic heterocycles. The summed E-state index contributed by atoms with van der Waals surface area (Å²) in [7, 11) is 0. The van der Waals surface area contributed by atoms with Crippen LogP contribution in [0.2, 0.25) is 0 Å². The summed E-state index contributed by atoms with van der Waals surface area (Å²) in [6, 6.07) is 7.09. The summed E-state index contributed by atoms with van der Waals surface area (Å²) in [5.41, 5.74) is 1.28. The number of nitrogens with one attached hydrogen (secondary N) is 2. The highest BCUT2D eigenvalue weighted by Crippen LogP contribution is 2.32. The zero-order valence-electron chi connectivity index (χ0n) is 13.6. The summed E-state index contributed by atoms with van der Waals surface area (Å²) in [5.74, 6) is -0.491. The molecular weight excluding hydrogens is 326 g/mol. The quantitative estimate of drug-likeness (QED) is 0.812. The van der Waals surface area contributed by atoms with Gasteiger partial charge in [0.2, 0.25) is 5.91 Å². The minimum absolute atomic E-state index is 0.0349. The fourth-order valence-corrected chi connectivity index (χ4v) is 4.21. The molecule has 0 radical (unpaired) electrons. The molecule has 0 spiro atoms. The van der Waals surface area contributed by atoms with Crippen molar-refractivity contribution in [2.75, 3.05) is 13.1 Å². The number of thioether (sulfide) groups is 1. The van der Waals surface area contributed by atoms with Crippen LogP contribution in [0, 0.1) is 6.92 Å². The Labute approximate surface area is 145 Å². The number of carbonyl (C=O) groups is 3. The molecule has 2 heterocycles. The Balaban J connectivity index is 1.48. The largest absolute Gasteiger partial charge is 0.343 e. The number of rotatable bonds is 4. The van der Waals surface area contributed by atoms with Gasteiger partial charge < -0.3 is 10.2 Å². The molecule has 2 aliphatic rings. The van der Waals surface area contributed by atoms with Crippen LogP contribution in [-0.4, -0.2) is 47.1 Å². The van der Waals surface area contributed by atoms with E-state index in [1.807, 2.05) is 17.8 Å². The highest BCUT2D eigenvalue weighted by Gasteiger charge is 2.33. The predicted octanol–water partition coefficient (Wildman–Crippen LogP) is 1.68. The van der Waals surface area contributed by atoms with Crippen molar-refractivity contribution in [2.45, 2.75) is 42.4 Å². The van der Waals surface area contributed by atoms with E-state index < -0.39 is 18.0 Å². The lowest BCUT2D eigenvalue weighted by molar-refractivity contribution is -0.134. The molecule has 2 saturated heterocycles. The number of hydrogen-bond donors (Lipinski definition) is 2. The average Bonchev–Trinajstić information content (AvgIpc) is 2.88. The van der Waals surface area contributed by atoms with Gasteiger partial charge in [-0.25, -0.2) is 4.79 Å². The van der Waals surface area contributed by atoms with Crippen molar-refractivity contribution < 1.29 is 14.4 Å². The molecule has 0 aliphatic carbocycles. The molecule has 6 nitrogen and oxygen atoms in total. The maximum absolute atomic E-state index is 12.3. The molecule has 0 aromatic heterocycles. The van der Waals surface area contributed by atoms with Crippen molar-refractivity contribution in [3.8, 4) is 0 Å². The SMILES string of the molecule is Cc1ccccc1SC1CCN(C(=O)C[C@H]2NC(=O)NC2=O)CC1. The summed E-state index contributed by atoms with van der Waals surface area (Å²) in [6.45, 7) is 3.51. The number of benzene rings is 1. The smallest absolute Gasteiger partial charge is 0.322 e. The first-order chi connectivity index (χ1) is 11.5. The van der Waals surface area contributed by atoms with Crippen LogP contribution in [0.3, 0.4) is 0 Å². The second-order valence-corrected chi connectivity index (χ2v) is 7.53. The molecule has 2 fully saturated rings. The maximum atomic E-state index is 12.3. The van der Waals surface area contributed by atoms with Crippen molar-refractivity contribution in [2.24, 2.45) is 0 Å². The van der Waals surface area contributed by atoms with E-state index in [0.717, 1.165) is 12.8 Å². The summed E-state index contributed by atoms with van der Waals surface area (Å²) in [4.78, 5) is 38.0. The first-order valence-electron chi connectivity index (χ1n) is 8.14. The number of piperidine rings is 1. The van der Waals surface area contributed by atoms with Gasteiger partial charge in [-0.05, 0) is 31.4 Å². The highest BCUT2D eigenvalue weighted by molar-refractivity contribution is 8.00. The minimum Gasteiger partial charge on any atom is -0.343 e. The normalized spacial score (nSPS) is 21.5. The standard InChI is InChI=1S/C17H21N3O3S/c1-11-4-2-3-5-14(11)24-12-6-8-20(9-7-12)15(21)10-13-16(22)19-17(23)18-13/h2-5,12-13H,6-10H2,1H3,(H2,18,19,22,23)/t13-/m1/s1. The first-order valence-corrected chi connectivity index (χ1v) is 9.02. The number of aryl methyl sites for hydroxylation is 1. The van der Waals surface area contributed by atoms with E-state index >= 15 is 0 Å². The summed E-state index contributed by atoms with van der Waals surface area (Å²) >= 11 is 1.88. The third-order valence-corrected chi connectivity index (χ3v) is 5.94. The van der Waals surface area contributed by atoms with Crippen LogP contribution >= 0.6 is 11.8 Å². The molecule has 1 aromatic carbocycles. The Morgan fingerprint density at radius 3 is 2.58 bits per heavy atom. The topological polar surface area (TPSA) is 78.5 Å². The number of carbonyl (C=O) groups excluding carboxylic acids is 3. The van der Waals surface area contributed by atoms with Crippen molar-refractivity contribution in [3.63, 3.8) is 0 Å². The Morgan fingerprint density at radius 1 is 1.25 bits per heavy atom. The van der Waals surface area contributed by atoms with E-state index in [0.29, 0.717) is 18.3 Å². The highest BCUT2D eigenvalue weighted by atomic mass is 32.2. The van der Waals surface area contributed by atoms with Gasteiger partial charge in [0.1, 0.15) is 6.04 Å². The second kappa shape index (κ2) is 7.25. The molecule has 3 rings (SSSR count). The molecule has 128 valence electrons. The van der Waals surface area contributed by atoms with Gasteiger partial charge in [0.25, 0.3) is 5.91 Å².